The van der Waals surface area contributed by atoms with Crippen LogP contribution in [-0.2, 0) is 20.8 Å². The van der Waals surface area contributed by atoms with Crippen molar-refractivity contribution in [1.29, 1.82) is 0 Å². The molecule has 33 heavy (non-hydrogen) atoms. The molecule has 0 aromatic heterocycles. The molecular weight excluding hydrogens is 420 g/mol. The Labute approximate surface area is 192 Å². The van der Waals surface area contributed by atoms with E-state index in [-0.39, 0.29) is 41.9 Å². The molecule has 3 aliphatic rings. The minimum Gasteiger partial charge on any atom is -0.497 e. The van der Waals surface area contributed by atoms with Crippen molar-refractivity contribution >= 4 is 23.4 Å². The molecule has 0 spiro atoms. The number of amides is 3. The fourth-order valence-corrected chi connectivity index (χ4v) is 5.50. The van der Waals surface area contributed by atoms with Crippen molar-refractivity contribution in [3.8, 4) is 11.5 Å². The van der Waals surface area contributed by atoms with Gasteiger partial charge in [0.05, 0.1) is 31.7 Å². The van der Waals surface area contributed by atoms with Crippen molar-refractivity contribution in [2.24, 2.45) is 23.7 Å². The van der Waals surface area contributed by atoms with E-state index in [4.69, 9.17) is 9.47 Å². The van der Waals surface area contributed by atoms with Gasteiger partial charge >= 0.3 is 0 Å². The fourth-order valence-electron chi connectivity index (χ4n) is 5.50. The first-order valence-electron chi connectivity index (χ1n) is 11.1. The van der Waals surface area contributed by atoms with Gasteiger partial charge in [0.15, 0.2) is 0 Å². The second-order valence-corrected chi connectivity index (χ2v) is 8.81. The number of fused-ring (bicyclic) bond motifs is 5. The highest BCUT2D eigenvalue weighted by Crippen LogP contribution is 2.53. The Balaban J connectivity index is 1.47. The van der Waals surface area contributed by atoms with Crippen molar-refractivity contribution in [3.63, 3.8) is 0 Å². The van der Waals surface area contributed by atoms with Crippen molar-refractivity contribution in [2.45, 2.75) is 18.9 Å². The molecule has 2 aromatic rings. The Hall–Kier alpha value is -3.61. The van der Waals surface area contributed by atoms with Crippen LogP contribution in [0.3, 0.4) is 0 Å². The van der Waals surface area contributed by atoms with Gasteiger partial charge in [-0.25, -0.2) is 0 Å². The molecule has 1 aliphatic heterocycles. The molecule has 3 amide bonds. The summed E-state index contributed by atoms with van der Waals surface area (Å²) in [5, 5.41) is 2.87. The summed E-state index contributed by atoms with van der Waals surface area (Å²) < 4.78 is 10.7. The molecule has 1 saturated carbocycles. The molecule has 5 atom stereocenters. The van der Waals surface area contributed by atoms with Crippen molar-refractivity contribution in [1.82, 2.24) is 4.90 Å². The van der Waals surface area contributed by atoms with Crippen LogP contribution in [0.15, 0.2) is 60.7 Å². The molecule has 7 heteroatoms. The summed E-state index contributed by atoms with van der Waals surface area (Å²) >= 11 is 0. The van der Waals surface area contributed by atoms with Gasteiger partial charge in [-0.3, -0.25) is 19.3 Å². The quantitative estimate of drug-likeness (QED) is 0.522. The largest absolute Gasteiger partial charge is 0.497 e. The zero-order chi connectivity index (χ0) is 23.1. The van der Waals surface area contributed by atoms with Gasteiger partial charge in [0.25, 0.3) is 0 Å². The monoisotopic (exact) mass is 446 g/mol. The lowest BCUT2D eigenvalue weighted by Gasteiger charge is -2.27. The molecule has 2 fully saturated rings. The molecule has 1 heterocycles. The second kappa shape index (κ2) is 8.39. The Morgan fingerprint density at radius 3 is 2.27 bits per heavy atom. The summed E-state index contributed by atoms with van der Waals surface area (Å²) in [5.74, 6) is -0.453. The predicted octanol–water partition coefficient (Wildman–Crippen LogP) is 3.06. The molecule has 2 bridgehead atoms. The summed E-state index contributed by atoms with van der Waals surface area (Å²) in [6.45, 7) is 0. The van der Waals surface area contributed by atoms with Crippen LogP contribution in [0.1, 0.15) is 12.0 Å². The number of rotatable bonds is 7. The third-order valence-corrected chi connectivity index (χ3v) is 7.06. The third kappa shape index (κ3) is 3.57. The van der Waals surface area contributed by atoms with Crippen LogP contribution in [0.5, 0.6) is 11.5 Å². The summed E-state index contributed by atoms with van der Waals surface area (Å²) in [6.07, 6.45) is 5.18. The zero-order valence-electron chi connectivity index (χ0n) is 18.6. The highest BCUT2D eigenvalue weighted by molar-refractivity contribution is 6.11. The van der Waals surface area contributed by atoms with E-state index < -0.39 is 11.9 Å². The van der Waals surface area contributed by atoms with Crippen LogP contribution in [0.25, 0.3) is 0 Å². The SMILES string of the molecule is COc1ccc(OC)c(NC(=O)[C@@H](Cc2ccccc2)N2C(=O)[C@@H]3[C@@H](C2=O)[C@H]2C=C[C@H]3C2)c1. The van der Waals surface area contributed by atoms with Crippen LogP contribution in [-0.4, -0.2) is 42.9 Å². The maximum Gasteiger partial charge on any atom is 0.248 e. The second-order valence-electron chi connectivity index (χ2n) is 8.81. The number of likely N-dealkylation sites (tertiary alicyclic amines) is 1. The van der Waals surface area contributed by atoms with Gasteiger partial charge in [-0.15, -0.1) is 0 Å². The molecule has 5 rings (SSSR count). The van der Waals surface area contributed by atoms with Crippen molar-refractivity contribution in [3.05, 3.63) is 66.2 Å². The van der Waals surface area contributed by atoms with E-state index in [0.717, 1.165) is 12.0 Å². The van der Waals surface area contributed by atoms with Crippen molar-refractivity contribution < 1.29 is 23.9 Å². The normalized spacial score (nSPS) is 25.8. The molecular formula is C26H26N2O5. The standard InChI is InChI=1S/C26H26N2O5/c1-32-18-10-11-21(33-2)19(14-18)27-24(29)20(12-15-6-4-3-5-7-15)28-25(30)22-16-8-9-17(13-16)23(22)26(28)31/h3-11,14,16-17,20,22-23H,12-13H2,1-2H3,(H,27,29)/t16-,17-,20+,22-,23-/m0/s1. The van der Waals surface area contributed by atoms with Crippen LogP contribution in [0.4, 0.5) is 5.69 Å². The smallest absolute Gasteiger partial charge is 0.248 e. The third-order valence-electron chi connectivity index (χ3n) is 7.06. The first-order chi connectivity index (χ1) is 16.0. The van der Waals surface area contributed by atoms with Crippen LogP contribution >= 0.6 is 0 Å². The first kappa shape index (κ1) is 21.2. The molecule has 2 aliphatic carbocycles. The van der Waals surface area contributed by atoms with Gasteiger partial charge in [0, 0.05) is 12.5 Å². The topological polar surface area (TPSA) is 84.9 Å². The Morgan fingerprint density at radius 2 is 1.67 bits per heavy atom. The highest BCUT2D eigenvalue weighted by Gasteiger charge is 2.61. The number of anilines is 1. The number of hydrogen-bond acceptors (Lipinski definition) is 5. The van der Waals surface area contributed by atoms with E-state index >= 15 is 0 Å². The number of methoxy groups -OCH3 is 2. The van der Waals surface area contributed by atoms with Gasteiger partial charge in [0.1, 0.15) is 17.5 Å². The van der Waals surface area contributed by atoms with E-state index in [2.05, 4.69) is 5.32 Å². The number of ether oxygens (including phenoxy) is 2. The average molecular weight is 447 g/mol. The number of hydrogen-bond donors (Lipinski definition) is 1. The first-order valence-corrected chi connectivity index (χ1v) is 11.1. The number of carbonyl (C=O) groups excluding carboxylic acids is 3. The summed E-state index contributed by atoms with van der Waals surface area (Å²) in [7, 11) is 3.05. The van der Waals surface area contributed by atoms with Crippen LogP contribution in [0, 0.1) is 23.7 Å². The lowest BCUT2D eigenvalue weighted by Crippen LogP contribution is -2.49. The lowest BCUT2D eigenvalue weighted by atomic mass is 9.85. The Kier molecular flexibility index (Phi) is 5.40. The lowest BCUT2D eigenvalue weighted by molar-refractivity contribution is -0.147. The number of imide groups is 1. The predicted molar refractivity (Wildman–Crippen MR) is 122 cm³/mol. The van der Waals surface area contributed by atoms with Gasteiger partial charge in [-0.05, 0) is 36.0 Å². The summed E-state index contributed by atoms with van der Waals surface area (Å²) in [6, 6.07) is 13.5. The number of carbonyl (C=O) groups is 3. The number of nitrogens with one attached hydrogen (secondary N) is 1. The van der Waals surface area contributed by atoms with Gasteiger partial charge in [-0.2, -0.15) is 0 Å². The molecule has 0 unspecified atom stereocenters. The Morgan fingerprint density at radius 1 is 1.00 bits per heavy atom. The van der Waals surface area contributed by atoms with Crippen molar-refractivity contribution in [2.75, 3.05) is 19.5 Å². The van der Waals surface area contributed by atoms with E-state index in [1.807, 2.05) is 42.5 Å². The summed E-state index contributed by atoms with van der Waals surface area (Å²) in [4.78, 5) is 41.7. The van der Waals surface area contributed by atoms with E-state index in [1.54, 1.807) is 18.2 Å². The fraction of sp³-hybridized carbons (Fsp3) is 0.346. The average Bonchev–Trinajstić information content (AvgIpc) is 3.52. The van der Waals surface area contributed by atoms with Crippen LogP contribution in [0.2, 0.25) is 0 Å². The molecule has 0 radical (unpaired) electrons. The van der Waals surface area contributed by atoms with Gasteiger partial charge < -0.3 is 14.8 Å². The van der Waals surface area contributed by atoms with E-state index in [9.17, 15) is 14.4 Å². The minimum absolute atomic E-state index is 0.0837. The summed E-state index contributed by atoms with van der Waals surface area (Å²) in [5.41, 5.74) is 1.29. The molecule has 2 aromatic carbocycles. The number of benzene rings is 2. The zero-order valence-corrected chi connectivity index (χ0v) is 18.6. The molecule has 7 nitrogen and oxygen atoms in total. The maximum absolute atomic E-state index is 13.6. The van der Waals surface area contributed by atoms with Gasteiger partial charge in [0.2, 0.25) is 17.7 Å². The maximum atomic E-state index is 13.6. The minimum atomic E-state index is -0.965. The van der Waals surface area contributed by atoms with E-state index in [1.165, 1.54) is 19.1 Å². The number of nitrogens with zero attached hydrogens (tertiary/aromatic N) is 1. The van der Waals surface area contributed by atoms with Crippen LogP contribution < -0.4 is 14.8 Å². The van der Waals surface area contributed by atoms with E-state index in [0.29, 0.717) is 17.2 Å². The van der Waals surface area contributed by atoms with Gasteiger partial charge in [-0.1, -0.05) is 42.5 Å². The molecule has 1 saturated heterocycles. The Bertz CT molecular complexity index is 1100. The highest BCUT2D eigenvalue weighted by atomic mass is 16.5. The molecule has 1 N–H and O–H groups in total. The number of allylic oxidation sites excluding steroid dienone is 2. The molecule has 170 valence electrons.